The number of thioether (sulfide) groups is 1. The second kappa shape index (κ2) is 5.94. The minimum Gasteiger partial charge on any atom is -0.396 e. The Morgan fingerprint density at radius 1 is 1.53 bits per heavy atom. The number of aliphatic hydroxyl groups excluding tert-OH is 1. The third kappa shape index (κ3) is 2.82. The summed E-state index contributed by atoms with van der Waals surface area (Å²) in [4.78, 5) is 14.6. The monoisotopic (exact) mass is 282 g/mol. The Labute approximate surface area is 112 Å². The van der Waals surface area contributed by atoms with Gasteiger partial charge in [-0.3, -0.25) is 15.1 Å². The van der Waals surface area contributed by atoms with E-state index in [1.807, 2.05) is 0 Å². The summed E-state index contributed by atoms with van der Waals surface area (Å²) in [6.07, 6.45) is 2.00. The van der Waals surface area contributed by atoms with Gasteiger partial charge in [0.25, 0.3) is 5.69 Å². The number of nitro groups is 1. The molecule has 0 radical (unpaired) electrons. The Hall–Kier alpha value is -1.73. The van der Waals surface area contributed by atoms with Crippen LogP contribution in [-0.4, -0.2) is 27.4 Å². The summed E-state index contributed by atoms with van der Waals surface area (Å²) >= 11 is 1.20. The maximum atomic E-state index is 13.9. The molecular weight excluding hydrogens is 271 g/mol. The molecule has 0 amide bonds. The Morgan fingerprint density at radius 3 is 3.00 bits per heavy atom. The molecule has 5 nitrogen and oxygen atoms in total. The number of pyridine rings is 1. The largest absolute Gasteiger partial charge is 0.396 e. The molecule has 2 aromatic rings. The number of rotatable bonds is 5. The second-order valence-corrected chi connectivity index (χ2v) is 4.89. The SMILES string of the molecule is O=[N+]([O-])c1cc(F)c(SCCCO)c2ncccc12. The van der Waals surface area contributed by atoms with Gasteiger partial charge in [-0.25, -0.2) is 4.39 Å². The van der Waals surface area contributed by atoms with Gasteiger partial charge >= 0.3 is 0 Å². The molecule has 0 bridgehead atoms. The number of nitro benzene ring substituents is 1. The third-order valence-corrected chi connectivity index (χ3v) is 3.69. The zero-order valence-electron chi connectivity index (χ0n) is 9.88. The maximum absolute atomic E-state index is 13.9. The summed E-state index contributed by atoms with van der Waals surface area (Å²) in [5, 5.41) is 20.0. The number of aliphatic hydroxyl groups is 1. The lowest BCUT2D eigenvalue weighted by Crippen LogP contribution is -1.96. The summed E-state index contributed by atoms with van der Waals surface area (Å²) in [6.45, 7) is 0.0208. The van der Waals surface area contributed by atoms with Crippen LogP contribution in [0.25, 0.3) is 10.9 Å². The van der Waals surface area contributed by atoms with Crippen LogP contribution in [0.5, 0.6) is 0 Å². The topological polar surface area (TPSA) is 76.3 Å². The van der Waals surface area contributed by atoms with E-state index in [0.717, 1.165) is 6.07 Å². The molecule has 0 aliphatic carbocycles. The first-order chi connectivity index (χ1) is 9.15. The molecule has 1 heterocycles. The van der Waals surface area contributed by atoms with Crippen LogP contribution in [0.2, 0.25) is 0 Å². The molecule has 1 aromatic heterocycles. The number of fused-ring (bicyclic) bond motifs is 1. The van der Waals surface area contributed by atoms with E-state index >= 15 is 0 Å². The first-order valence-corrected chi connectivity index (χ1v) is 6.59. The van der Waals surface area contributed by atoms with Gasteiger partial charge in [0.15, 0.2) is 0 Å². The lowest BCUT2D eigenvalue weighted by Gasteiger charge is -2.07. The molecule has 1 N–H and O–H groups in total. The van der Waals surface area contributed by atoms with Crippen molar-refractivity contribution in [1.29, 1.82) is 0 Å². The van der Waals surface area contributed by atoms with Gasteiger partial charge < -0.3 is 5.11 Å². The van der Waals surface area contributed by atoms with Crippen LogP contribution in [0, 0.1) is 15.9 Å². The molecule has 1 aromatic carbocycles. The molecule has 0 saturated heterocycles. The van der Waals surface area contributed by atoms with Gasteiger partial charge in [0, 0.05) is 18.6 Å². The van der Waals surface area contributed by atoms with Crippen molar-refractivity contribution in [1.82, 2.24) is 4.98 Å². The van der Waals surface area contributed by atoms with Crippen LogP contribution < -0.4 is 0 Å². The fraction of sp³-hybridized carbons (Fsp3) is 0.250. The highest BCUT2D eigenvalue weighted by molar-refractivity contribution is 7.99. The Bertz CT molecular complexity index is 621. The van der Waals surface area contributed by atoms with Gasteiger partial charge in [-0.15, -0.1) is 11.8 Å². The number of non-ortho nitro benzene ring substituents is 1. The van der Waals surface area contributed by atoms with E-state index in [1.54, 1.807) is 12.1 Å². The van der Waals surface area contributed by atoms with E-state index in [2.05, 4.69) is 4.98 Å². The molecule has 100 valence electrons. The number of benzene rings is 1. The summed E-state index contributed by atoms with van der Waals surface area (Å²) < 4.78 is 13.9. The lowest BCUT2D eigenvalue weighted by atomic mass is 10.2. The van der Waals surface area contributed by atoms with Crippen molar-refractivity contribution in [3.8, 4) is 0 Å². The van der Waals surface area contributed by atoms with Crippen LogP contribution in [0.15, 0.2) is 29.3 Å². The van der Waals surface area contributed by atoms with E-state index < -0.39 is 10.7 Å². The average molecular weight is 282 g/mol. The van der Waals surface area contributed by atoms with E-state index in [-0.39, 0.29) is 22.7 Å². The molecule has 0 fully saturated rings. The number of nitrogens with zero attached hydrogens (tertiary/aromatic N) is 2. The molecule has 0 spiro atoms. The van der Waals surface area contributed by atoms with E-state index in [9.17, 15) is 14.5 Å². The maximum Gasteiger partial charge on any atom is 0.281 e. The predicted molar refractivity (Wildman–Crippen MR) is 70.8 cm³/mol. The summed E-state index contributed by atoms with van der Waals surface area (Å²) in [6, 6.07) is 4.05. The molecular formula is C12H11FN2O3S. The van der Waals surface area contributed by atoms with Crippen molar-refractivity contribution >= 4 is 28.4 Å². The van der Waals surface area contributed by atoms with Gasteiger partial charge in [0.1, 0.15) is 5.82 Å². The summed E-state index contributed by atoms with van der Waals surface area (Å²) in [5.74, 6) is -0.127. The number of hydrogen-bond acceptors (Lipinski definition) is 5. The fourth-order valence-corrected chi connectivity index (χ4v) is 2.67. The van der Waals surface area contributed by atoms with Gasteiger partial charge in [0.05, 0.1) is 26.8 Å². The van der Waals surface area contributed by atoms with Gasteiger partial charge in [-0.05, 0) is 18.6 Å². The van der Waals surface area contributed by atoms with Gasteiger partial charge in [-0.2, -0.15) is 0 Å². The molecule has 0 saturated carbocycles. The Kier molecular flexibility index (Phi) is 4.28. The summed E-state index contributed by atoms with van der Waals surface area (Å²) in [7, 11) is 0. The summed E-state index contributed by atoms with van der Waals surface area (Å²) in [5.41, 5.74) is 0.00393. The third-order valence-electron chi connectivity index (χ3n) is 2.52. The molecule has 2 rings (SSSR count). The Morgan fingerprint density at radius 2 is 2.32 bits per heavy atom. The van der Waals surface area contributed by atoms with Crippen LogP contribution in [0.4, 0.5) is 10.1 Å². The molecule has 19 heavy (non-hydrogen) atoms. The van der Waals surface area contributed by atoms with Crippen molar-refractivity contribution in [2.75, 3.05) is 12.4 Å². The van der Waals surface area contributed by atoms with Crippen molar-refractivity contribution in [3.63, 3.8) is 0 Å². The minimum atomic E-state index is -0.652. The predicted octanol–water partition coefficient (Wildman–Crippen LogP) is 2.76. The van der Waals surface area contributed by atoms with Crippen molar-refractivity contribution in [2.24, 2.45) is 0 Å². The number of halogens is 1. The number of hydrogen-bond donors (Lipinski definition) is 1. The molecule has 0 unspecified atom stereocenters. The van der Waals surface area contributed by atoms with Crippen LogP contribution in [0.1, 0.15) is 6.42 Å². The normalized spacial score (nSPS) is 10.8. The van der Waals surface area contributed by atoms with Gasteiger partial charge in [0.2, 0.25) is 0 Å². The highest BCUT2D eigenvalue weighted by Gasteiger charge is 2.19. The zero-order chi connectivity index (χ0) is 13.8. The van der Waals surface area contributed by atoms with E-state index in [4.69, 9.17) is 5.11 Å². The highest BCUT2D eigenvalue weighted by Crippen LogP contribution is 2.35. The lowest BCUT2D eigenvalue weighted by molar-refractivity contribution is -0.383. The molecule has 0 aliphatic rings. The average Bonchev–Trinajstić information content (AvgIpc) is 2.40. The zero-order valence-corrected chi connectivity index (χ0v) is 10.7. The van der Waals surface area contributed by atoms with Crippen molar-refractivity contribution in [3.05, 3.63) is 40.3 Å². The van der Waals surface area contributed by atoms with Crippen molar-refractivity contribution < 1.29 is 14.4 Å². The van der Waals surface area contributed by atoms with E-state index in [0.29, 0.717) is 17.6 Å². The smallest absolute Gasteiger partial charge is 0.281 e. The highest BCUT2D eigenvalue weighted by atomic mass is 32.2. The number of aromatic nitrogens is 1. The second-order valence-electron chi connectivity index (χ2n) is 3.79. The fourth-order valence-electron chi connectivity index (χ4n) is 1.70. The quantitative estimate of drug-likeness (QED) is 0.395. The molecule has 7 heteroatoms. The minimum absolute atomic E-state index is 0.0208. The van der Waals surface area contributed by atoms with Crippen LogP contribution >= 0.6 is 11.8 Å². The first kappa shape index (κ1) is 13.7. The molecule has 0 aliphatic heterocycles. The standard InChI is InChI=1S/C12H11FN2O3S/c13-9-7-10(15(17)18)8-3-1-4-14-11(8)12(9)19-6-2-5-16/h1,3-4,7,16H,2,5-6H2. The van der Waals surface area contributed by atoms with Crippen molar-refractivity contribution in [2.45, 2.75) is 11.3 Å². The Balaban J connectivity index is 2.55. The first-order valence-electron chi connectivity index (χ1n) is 5.60. The molecule has 0 atom stereocenters. The van der Waals surface area contributed by atoms with Crippen LogP contribution in [-0.2, 0) is 0 Å². The van der Waals surface area contributed by atoms with Gasteiger partial charge in [-0.1, -0.05) is 0 Å². The van der Waals surface area contributed by atoms with E-state index in [1.165, 1.54) is 18.0 Å². The van der Waals surface area contributed by atoms with Crippen LogP contribution in [0.3, 0.4) is 0 Å².